The van der Waals surface area contributed by atoms with Gasteiger partial charge < -0.3 is 5.32 Å². The fourth-order valence-corrected chi connectivity index (χ4v) is 4.27. The van der Waals surface area contributed by atoms with Gasteiger partial charge in [0.25, 0.3) is 0 Å². The Kier molecular flexibility index (Phi) is 8.04. The summed E-state index contributed by atoms with van der Waals surface area (Å²) in [6.07, 6.45) is 10.1. The van der Waals surface area contributed by atoms with E-state index in [-0.39, 0.29) is 17.8 Å². The Morgan fingerprint density at radius 2 is 1.82 bits per heavy atom. The van der Waals surface area contributed by atoms with Gasteiger partial charge in [-0.15, -0.1) is 0 Å². The van der Waals surface area contributed by atoms with Crippen LogP contribution in [0.3, 0.4) is 0 Å². The summed E-state index contributed by atoms with van der Waals surface area (Å²) < 4.78 is 15.0. The van der Waals surface area contributed by atoms with Gasteiger partial charge in [-0.2, -0.15) is 5.10 Å². The first-order chi connectivity index (χ1) is 16.2. The lowest BCUT2D eigenvalue weighted by Crippen LogP contribution is -2.35. The number of carbonyl (C=O) groups is 1. The van der Waals surface area contributed by atoms with E-state index in [4.69, 9.17) is 0 Å². The fraction of sp³-hybridized carbons (Fsp3) is 0.333. The number of aromatic nitrogens is 2. The Balaban J connectivity index is 1.21. The number of piperidine rings is 1. The predicted molar refractivity (Wildman–Crippen MR) is 130 cm³/mol. The van der Waals surface area contributed by atoms with Crippen LogP contribution in [0, 0.1) is 5.82 Å². The van der Waals surface area contributed by atoms with Gasteiger partial charge in [-0.05, 0) is 48.9 Å². The number of nitrogens with zero attached hydrogens (tertiary/aromatic N) is 3. The van der Waals surface area contributed by atoms with E-state index in [0.717, 1.165) is 56.7 Å². The number of benzene rings is 2. The molecule has 172 valence electrons. The average Bonchev–Trinajstić information content (AvgIpc) is 3.29. The van der Waals surface area contributed by atoms with Crippen molar-refractivity contribution in [1.82, 2.24) is 14.7 Å². The Labute approximate surface area is 194 Å². The molecule has 0 saturated carbocycles. The van der Waals surface area contributed by atoms with Gasteiger partial charge in [0.15, 0.2) is 0 Å². The van der Waals surface area contributed by atoms with Crippen molar-refractivity contribution in [2.75, 3.05) is 25.0 Å². The molecule has 33 heavy (non-hydrogen) atoms. The molecule has 2 aromatic carbocycles. The highest BCUT2D eigenvalue weighted by atomic mass is 19.1. The minimum absolute atomic E-state index is 0.0380. The summed E-state index contributed by atoms with van der Waals surface area (Å²) in [5, 5.41) is 7.55. The van der Waals surface area contributed by atoms with Crippen molar-refractivity contribution in [2.45, 2.75) is 38.1 Å². The molecule has 1 saturated heterocycles. The quantitative estimate of drug-likeness (QED) is 0.483. The first-order valence-corrected chi connectivity index (χ1v) is 11.7. The summed E-state index contributed by atoms with van der Waals surface area (Å²) in [5.41, 5.74) is 2.27. The van der Waals surface area contributed by atoms with Gasteiger partial charge in [0.1, 0.15) is 11.6 Å². The van der Waals surface area contributed by atoms with Gasteiger partial charge in [-0.25, -0.2) is 9.07 Å². The molecule has 5 nitrogen and oxygen atoms in total. The number of halogens is 1. The lowest BCUT2D eigenvalue weighted by Gasteiger charge is -2.32. The van der Waals surface area contributed by atoms with E-state index >= 15 is 0 Å². The smallest absolute Gasteiger partial charge is 0.225 e. The molecule has 0 bridgehead atoms. The number of hydrogen-bond donors (Lipinski definition) is 1. The molecule has 0 atom stereocenters. The molecule has 3 aromatic rings. The van der Waals surface area contributed by atoms with Crippen molar-refractivity contribution in [1.29, 1.82) is 0 Å². The summed E-state index contributed by atoms with van der Waals surface area (Å²) in [6.45, 7) is 2.82. The van der Waals surface area contributed by atoms with Crippen molar-refractivity contribution in [3.63, 3.8) is 0 Å². The van der Waals surface area contributed by atoms with Crippen LogP contribution in [-0.4, -0.2) is 40.2 Å². The molecule has 1 aliphatic rings. The van der Waals surface area contributed by atoms with Gasteiger partial charge in [-0.3, -0.25) is 9.69 Å². The topological polar surface area (TPSA) is 50.2 Å². The van der Waals surface area contributed by atoms with Crippen LogP contribution < -0.4 is 5.32 Å². The summed E-state index contributed by atoms with van der Waals surface area (Å²) in [7, 11) is 0. The zero-order valence-corrected chi connectivity index (χ0v) is 18.9. The monoisotopic (exact) mass is 446 g/mol. The second-order valence-electron chi connectivity index (χ2n) is 8.53. The second-order valence-corrected chi connectivity index (χ2v) is 8.53. The van der Waals surface area contributed by atoms with E-state index in [9.17, 15) is 9.18 Å². The van der Waals surface area contributed by atoms with Gasteiger partial charge >= 0.3 is 0 Å². The van der Waals surface area contributed by atoms with Crippen molar-refractivity contribution < 1.29 is 9.18 Å². The highest BCUT2D eigenvalue weighted by Gasteiger charge is 2.22. The van der Waals surface area contributed by atoms with E-state index in [1.165, 1.54) is 17.7 Å². The summed E-state index contributed by atoms with van der Waals surface area (Å²) in [6, 6.07) is 19.0. The molecular weight excluding hydrogens is 415 g/mol. The standard InChI is InChI=1S/C27H31FN4O/c28-24-13-11-23(12-14-24)9-5-19-31-20-16-25(17-21-31)32-26(15-18-29-32)30-27(33)10-4-8-22-6-2-1-3-7-22/h1-3,5-7,9,11-15,18,25H,4,8,10,16-17,19-21H2,(H,30,33). The second kappa shape index (κ2) is 11.6. The third-order valence-electron chi connectivity index (χ3n) is 6.10. The number of hydrogen-bond acceptors (Lipinski definition) is 3. The number of aryl methyl sites for hydroxylation is 1. The highest BCUT2D eigenvalue weighted by molar-refractivity contribution is 5.89. The van der Waals surface area contributed by atoms with Gasteiger partial charge in [-0.1, -0.05) is 54.6 Å². The molecule has 0 unspecified atom stereocenters. The van der Waals surface area contributed by atoms with E-state index in [0.29, 0.717) is 6.42 Å². The molecule has 1 aliphatic heterocycles. The van der Waals surface area contributed by atoms with Crippen molar-refractivity contribution in [3.8, 4) is 0 Å². The van der Waals surface area contributed by atoms with Crippen LogP contribution in [0.1, 0.15) is 42.9 Å². The number of anilines is 1. The van der Waals surface area contributed by atoms with Crippen LogP contribution in [0.2, 0.25) is 0 Å². The third-order valence-corrected chi connectivity index (χ3v) is 6.10. The van der Waals surface area contributed by atoms with E-state index in [2.05, 4.69) is 33.5 Å². The Bertz CT molecular complexity index is 1040. The van der Waals surface area contributed by atoms with Crippen LogP contribution in [-0.2, 0) is 11.2 Å². The number of amides is 1. The fourth-order valence-electron chi connectivity index (χ4n) is 4.27. The number of rotatable bonds is 9. The SMILES string of the molecule is O=C(CCCc1ccccc1)Nc1ccnn1C1CCN(CC=Cc2ccc(F)cc2)CC1. The molecule has 0 aliphatic carbocycles. The van der Waals surface area contributed by atoms with E-state index in [1.54, 1.807) is 18.3 Å². The molecule has 1 fully saturated rings. The molecule has 0 spiro atoms. The normalized spacial score (nSPS) is 15.2. The van der Waals surface area contributed by atoms with E-state index < -0.39 is 0 Å². The lowest BCUT2D eigenvalue weighted by atomic mass is 10.1. The molecule has 0 radical (unpaired) electrons. The Hall–Kier alpha value is -3.25. The van der Waals surface area contributed by atoms with Crippen LogP contribution in [0.4, 0.5) is 10.2 Å². The lowest BCUT2D eigenvalue weighted by molar-refractivity contribution is -0.116. The maximum atomic E-state index is 13.0. The largest absolute Gasteiger partial charge is 0.311 e. The Morgan fingerprint density at radius 1 is 1.06 bits per heavy atom. The summed E-state index contributed by atoms with van der Waals surface area (Å²) in [5.74, 6) is 0.612. The Morgan fingerprint density at radius 3 is 2.58 bits per heavy atom. The molecule has 6 heteroatoms. The summed E-state index contributed by atoms with van der Waals surface area (Å²) >= 11 is 0. The van der Waals surface area contributed by atoms with Crippen molar-refractivity contribution in [3.05, 3.63) is 89.9 Å². The molecule has 4 rings (SSSR count). The zero-order chi connectivity index (χ0) is 22.9. The molecule has 1 aromatic heterocycles. The maximum absolute atomic E-state index is 13.0. The summed E-state index contributed by atoms with van der Waals surface area (Å²) in [4.78, 5) is 14.9. The molecule has 2 heterocycles. The first-order valence-electron chi connectivity index (χ1n) is 11.7. The maximum Gasteiger partial charge on any atom is 0.225 e. The number of likely N-dealkylation sites (tertiary alicyclic amines) is 1. The van der Waals surface area contributed by atoms with Gasteiger partial charge in [0.2, 0.25) is 5.91 Å². The van der Waals surface area contributed by atoms with Crippen LogP contribution in [0.5, 0.6) is 0 Å². The number of nitrogens with one attached hydrogen (secondary N) is 1. The van der Waals surface area contributed by atoms with E-state index in [1.807, 2.05) is 35.0 Å². The van der Waals surface area contributed by atoms with Crippen LogP contribution >= 0.6 is 0 Å². The van der Waals surface area contributed by atoms with Crippen molar-refractivity contribution >= 4 is 17.8 Å². The zero-order valence-electron chi connectivity index (χ0n) is 18.9. The van der Waals surface area contributed by atoms with Crippen LogP contribution in [0.25, 0.3) is 6.08 Å². The van der Waals surface area contributed by atoms with Gasteiger partial charge in [0, 0.05) is 32.1 Å². The minimum atomic E-state index is -0.212. The number of carbonyl (C=O) groups excluding carboxylic acids is 1. The van der Waals surface area contributed by atoms with Crippen LogP contribution in [0.15, 0.2) is 72.9 Å². The average molecular weight is 447 g/mol. The first kappa shape index (κ1) is 22.9. The highest BCUT2D eigenvalue weighted by Crippen LogP contribution is 2.25. The third kappa shape index (κ3) is 6.86. The molecule has 1 N–H and O–H groups in total. The van der Waals surface area contributed by atoms with Crippen molar-refractivity contribution in [2.24, 2.45) is 0 Å². The minimum Gasteiger partial charge on any atom is -0.311 e. The predicted octanol–water partition coefficient (Wildman–Crippen LogP) is 5.33. The molecular formula is C27H31FN4O. The molecule has 1 amide bonds. The van der Waals surface area contributed by atoms with Gasteiger partial charge in [0.05, 0.1) is 12.2 Å².